The van der Waals surface area contributed by atoms with Gasteiger partial charge in [-0.3, -0.25) is 13.8 Å². The van der Waals surface area contributed by atoms with Gasteiger partial charge in [-0.15, -0.1) is 0 Å². The number of carbonyl (C=O) groups is 1. The smallest absolute Gasteiger partial charge is 0.472 e. The number of ether oxygens (including phenoxy) is 2. The Kier molecular flexibility index (Phi) is 39.8. The fourth-order valence-electron chi connectivity index (χ4n) is 5.24. The molecule has 0 spiro atoms. The largest absolute Gasteiger partial charge is 0.492 e. The molecular weight excluding hydrogens is 697 g/mol. The number of phosphoric acid groups is 1. The van der Waals surface area contributed by atoms with Crippen molar-refractivity contribution in [1.29, 1.82) is 0 Å². The lowest BCUT2D eigenvalue weighted by Crippen LogP contribution is -2.25. The van der Waals surface area contributed by atoms with Crippen LogP contribution in [-0.2, 0) is 27.9 Å². The zero-order valence-corrected chi connectivity index (χ0v) is 35.1. The van der Waals surface area contributed by atoms with Crippen LogP contribution in [0.1, 0.15) is 162 Å². The summed E-state index contributed by atoms with van der Waals surface area (Å²) in [5, 5.41) is 0. The fraction of sp³-hybridized carbons (Fsp3) is 0.667. The van der Waals surface area contributed by atoms with E-state index in [1.807, 2.05) is 6.08 Å². The number of unbranched alkanes of at least 4 members (excludes halogenated alkanes) is 14. The van der Waals surface area contributed by atoms with Crippen molar-refractivity contribution in [2.45, 2.75) is 168 Å². The van der Waals surface area contributed by atoms with E-state index < -0.39 is 13.9 Å². The van der Waals surface area contributed by atoms with Gasteiger partial charge in [-0.2, -0.15) is 0 Å². The Hall–Kier alpha value is -2.48. The van der Waals surface area contributed by atoms with Gasteiger partial charge < -0.3 is 20.1 Å². The lowest BCUT2D eigenvalue weighted by atomic mass is 10.1. The molecule has 0 aromatic carbocycles. The predicted molar refractivity (Wildman–Crippen MR) is 228 cm³/mol. The summed E-state index contributed by atoms with van der Waals surface area (Å²) in [6, 6.07) is 0. The van der Waals surface area contributed by atoms with Crippen molar-refractivity contribution >= 4 is 13.8 Å². The molecule has 1 unspecified atom stereocenters. The highest BCUT2D eigenvalue weighted by molar-refractivity contribution is 7.47. The van der Waals surface area contributed by atoms with Gasteiger partial charge in [0, 0.05) is 13.0 Å². The molecule has 9 heteroatoms. The van der Waals surface area contributed by atoms with Crippen LogP contribution < -0.4 is 5.73 Å². The quantitative estimate of drug-likeness (QED) is 0.0208. The average Bonchev–Trinajstić information content (AvgIpc) is 3.16. The molecule has 2 atom stereocenters. The van der Waals surface area contributed by atoms with Crippen LogP contribution in [0.3, 0.4) is 0 Å². The van der Waals surface area contributed by atoms with E-state index in [0.717, 1.165) is 83.5 Å². The summed E-state index contributed by atoms with van der Waals surface area (Å²) >= 11 is 0. The van der Waals surface area contributed by atoms with Gasteiger partial charge in [0.15, 0.2) is 6.10 Å². The summed E-state index contributed by atoms with van der Waals surface area (Å²) in [5.74, 6) is -0.328. The SMILES string of the molecule is CC/C=C\C/C=C\C/C=C\C/C=C\C/C=C\CCCCCC(=O)OC[C@H](COP(=O)(O)OCCN)O/C=C\CCCCCC/C=C\CCCCCCCC. The Balaban J connectivity index is 4.20. The van der Waals surface area contributed by atoms with Crippen LogP contribution >= 0.6 is 7.82 Å². The number of hydrogen-bond donors (Lipinski definition) is 2. The Morgan fingerprint density at radius 1 is 0.593 bits per heavy atom. The summed E-state index contributed by atoms with van der Waals surface area (Å²) in [6.07, 6.45) is 54.1. The summed E-state index contributed by atoms with van der Waals surface area (Å²) in [4.78, 5) is 22.3. The molecule has 0 aromatic rings. The van der Waals surface area contributed by atoms with E-state index in [1.54, 1.807) is 6.26 Å². The lowest BCUT2D eigenvalue weighted by molar-refractivity contribution is -0.147. The number of nitrogens with two attached hydrogens (primary N) is 1. The van der Waals surface area contributed by atoms with E-state index in [1.165, 1.54) is 57.8 Å². The Morgan fingerprint density at radius 3 is 1.59 bits per heavy atom. The normalized spacial score (nSPS) is 14.3. The molecule has 8 nitrogen and oxygen atoms in total. The van der Waals surface area contributed by atoms with Crippen LogP contribution in [0, 0.1) is 0 Å². The van der Waals surface area contributed by atoms with Crippen molar-refractivity contribution in [2.75, 3.05) is 26.4 Å². The molecule has 0 saturated carbocycles. The van der Waals surface area contributed by atoms with Crippen molar-refractivity contribution in [3.05, 3.63) is 85.3 Å². The van der Waals surface area contributed by atoms with E-state index in [9.17, 15) is 14.3 Å². The second kappa shape index (κ2) is 41.7. The predicted octanol–water partition coefficient (Wildman–Crippen LogP) is 12.9. The molecule has 0 aliphatic rings. The van der Waals surface area contributed by atoms with E-state index in [4.69, 9.17) is 24.3 Å². The molecule has 54 heavy (non-hydrogen) atoms. The summed E-state index contributed by atoms with van der Waals surface area (Å²) < 4.78 is 33.1. The van der Waals surface area contributed by atoms with E-state index >= 15 is 0 Å². The molecule has 0 bridgehead atoms. The highest BCUT2D eigenvalue weighted by Crippen LogP contribution is 2.43. The van der Waals surface area contributed by atoms with Crippen LogP contribution in [-0.4, -0.2) is 43.3 Å². The molecule has 0 aliphatic heterocycles. The number of esters is 1. The molecule has 0 aliphatic carbocycles. The van der Waals surface area contributed by atoms with Crippen LogP contribution in [0.15, 0.2) is 85.3 Å². The zero-order valence-electron chi connectivity index (χ0n) is 34.2. The molecule has 0 rings (SSSR count). The van der Waals surface area contributed by atoms with Crippen molar-refractivity contribution in [3.8, 4) is 0 Å². The standard InChI is InChI=1S/C45H78NO7P/c1-3-5-7-9-11-13-15-17-19-21-22-23-24-26-28-30-32-34-36-38-45(47)51-42-44(43-53-54(48,49)52-41-39-46)50-40-37-35-33-31-29-27-25-20-18-16-14-12-10-8-6-4-2/h5,7,11,13,17-20,22-23,26,28,37,40,44H,3-4,6,8-10,12,14-16,21,24-25,27,29-36,38-39,41-43,46H2,1-2H3,(H,48,49)/b7-5-,13-11-,19-17-,20-18-,23-22-,28-26-,40-37-/t44-/m1/s1. The highest BCUT2D eigenvalue weighted by Gasteiger charge is 2.24. The minimum Gasteiger partial charge on any atom is -0.492 e. The van der Waals surface area contributed by atoms with E-state index in [2.05, 4.69) is 86.8 Å². The third-order valence-corrected chi connectivity index (χ3v) is 9.37. The van der Waals surface area contributed by atoms with E-state index in [-0.39, 0.29) is 32.3 Å². The van der Waals surface area contributed by atoms with Gasteiger partial charge in [0.25, 0.3) is 0 Å². The van der Waals surface area contributed by atoms with E-state index in [0.29, 0.717) is 6.42 Å². The number of hydrogen-bond acceptors (Lipinski definition) is 7. The van der Waals surface area contributed by atoms with Crippen molar-refractivity contribution in [2.24, 2.45) is 5.73 Å². The maximum atomic E-state index is 12.4. The molecule has 0 heterocycles. The molecule has 0 saturated heterocycles. The first-order valence-corrected chi connectivity index (χ1v) is 22.6. The Labute approximate surface area is 330 Å². The van der Waals surface area contributed by atoms with Gasteiger partial charge in [0.1, 0.15) is 6.61 Å². The van der Waals surface area contributed by atoms with Crippen LogP contribution in [0.25, 0.3) is 0 Å². The summed E-state index contributed by atoms with van der Waals surface area (Å²) in [7, 11) is -4.28. The molecular formula is C45H78NO7P. The number of allylic oxidation sites excluding steroid dienone is 13. The monoisotopic (exact) mass is 776 g/mol. The third kappa shape index (κ3) is 40.7. The van der Waals surface area contributed by atoms with Gasteiger partial charge in [-0.1, -0.05) is 138 Å². The van der Waals surface area contributed by atoms with Gasteiger partial charge in [0.05, 0.1) is 19.5 Å². The van der Waals surface area contributed by atoms with Gasteiger partial charge in [0.2, 0.25) is 0 Å². The molecule has 0 fully saturated rings. The van der Waals surface area contributed by atoms with Crippen LogP contribution in [0.5, 0.6) is 0 Å². The van der Waals surface area contributed by atoms with Crippen molar-refractivity contribution in [1.82, 2.24) is 0 Å². The first-order chi connectivity index (χ1) is 26.4. The first kappa shape index (κ1) is 51.5. The average molecular weight is 776 g/mol. The van der Waals surface area contributed by atoms with Gasteiger partial charge in [-0.05, 0) is 96.0 Å². The Morgan fingerprint density at radius 2 is 1.06 bits per heavy atom. The molecule has 0 radical (unpaired) electrons. The number of carbonyl (C=O) groups excluding carboxylic acids is 1. The minimum absolute atomic E-state index is 0.0897. The van der Waals surface area contributed by atoms with Crippen LogP contribution in [0.4, 0.5) is 0 Å². The topological polar surface area (TPSA) is 117 Å². The van der Waals surface area contributed by atoms with Gasteiger partial charge >= 0.3 is 13.8 Å². The maximum absolute atomic E-state index is 12.4. The van der Waals surface area contributed by atoms with Gasteiger partial charge in [-0.25, -0.2) is 4.57 Å². The number of phosphoric ester groups is 1. The molecule has 310 valence electrons. The highest BCUT2D eigenvalue weighted by atomic mass is 31.2. The third-order valence-electron chi connectivity index (χ3n) is 8.39. The van der Waals surface area contributed by atoms with Crippen molar-refractivity contribution < 1.29 is 32.8 Å². The number of rotatable bonds is 39. The maximum Gasteiger partial charge on any atom is 0.472 e. The fourth-order valence-corrected chi connectivity index (χ4v) is 6.00. The molecule has 3 N–H and O–H groups in total. The summed E-state index contributed by atoms with van der Waals surface area (Å²) in [6.45, 7) is 4.03. The lowest BCUT2D eigenvalue weighted by Gasteiger charge is -2.19. The Bertz CT molecular complexity index is 1100. The second-order valence-electron chi connectivity index (χ2n) is 13.5. The summed E-state index contributed by atoms with van der Waals surface area (Å²) in [5.41, 5.74) is 5.36. The molecule has 0 amide bonds. The van der Waals surface area contributed by atoms with Crippen molar-refractivity contribution in [3.63, 3.8) is 0 Å². The molecule has 0 aromatic heterocycles. The minimum atomic E-state index is -4.28. The zero-order chi connectivity index (χ0) is 39.5. The second-order valence-corrected chi connectivity index (χ2v) is 15.0. The van der Waals surface area contributed by atoms with Crippen LogP contribution in [0.2, 0.25) is 0 Å². The first-order valence-electron chi connectivity index (χ1n) is 21.1.